The summed E-state index contributed by atoms with van der Waals surface area (Å²) in [5.41, 5.74) is -0.0229. The molecule has 0 aliphatic rings. The molecule has 1 heterocycles. The van der Waals surface area contributed by atoms with Crippen LogP contribution in [-0.4, -0.2) is 15.5 Å². The standard InChI is InChI=1S/C12H12F2N2O2S2/c1-15-6-9-5-10(7-19-9)20(17,18)16-8-2-3-11(13)12(14)4-8/h2-5,7,15-16H,6H2,1H3. The van der Waals surface area contributed by atoms with E-state index in [0.29, 0.717) is 6.54 Å². The molecule has 0 radical (unpaired) electrons. The van der Waals surface area contributed by atoms with Gasteiger partial charge >= 0.3 is 0 Å². The van der Waals surface area contributed by atoms with Gasteiger partial charge in [-0.1, -0.05) is 0 Å². The van der Waals surface area contributed by atoms with Crippen molar-refractivity contribution in [2.45, 2.75) is 11.4 Å². The van der Waals surface area contributed by atoms with E-state index in [1.807, 2.05) is 0 Å². The van der Waals surface area contributed by atoms with Crippen molar-refractivity contribution in [2.24, 2.45) is 0 Å². The average molecular weight is 318 g/mol. The second-order valence-electron chi connectivity index (χ2n) is 4.01. The van der Waals surface area contributed by atoms with E-state index in [9.17, 15) is 17.2 Å². The fourth-order valence-corrected chi connectivity index (χ4v) is 3.88. The lowest BCUT2D eigenvalue weighted by Gasteiger charge is -2.06. The summed E-state index contributed by atoms with van der Waals surface area (Å²) in [6.45, 7) is 0.561. The highest BCUT2D eigenvalue weighted by Crippen LogP contribution is 2.22. The SMILES string of the molecule is CNCc1cc(S(=O)(=O)Nc2ccc(F)c(F)c2)cs1. The van der Waals surface area contributed by atoms with E-state index in [0.717, 1.165) is 23.1 Å². The monoisotopic (exact) mass is 318 g/mol. The van der Waals surface area contributed by atoms with Crippen molar-refractivity contribution in [3.05, 3.63) is 46.2 Å². The lowest BCUT2D eigenvalue weighted by molar-refractivity contribution is 0.509. The molecule has 108 valence electrons. The molecule has 0 fully saturated rings. The van der Waals surface area contributed by atoms with Crippen molar-refractivity contribution in [1.82, 2.24) is 5.32 Å². The van der Waals surface area contributed by atoms with Crippen LogP contribution >= 0.6 is 11.3 Å². The maximum absolute atomic E-state index is 13.0. The van der Waals surface area contributed by atoms with Crippen LogP contribution in [0.5, 0.6) is 0 Å². The topological polar surface area (TPSA) is 58.2 Å². The molecular formula is C12H12F2N2O2S2. The molecule has 2 rings (SSSR count). The number of thiophene rings is 1. The molecule has 2 N–H and O–H groups in total. The highest BCUT2D eigenvalue weighted by molar-refractivity contribution is 7.92. The number of rotatable bonds is 5. The van der Waals surface area contributed by atoms with Crippen LogP contribution in [0.4, 0.5) is 14.5 Å². The van der Waals surface area contributed by atoms with Gasteiger partial charge in [0.25, 0.3) is 10.0 Å². The molecule has 0 spiro atoms. The molecule has 20 heavy (non-hydrogen) atoms. The molecule has 2 aromatic rings. The Morgan fingerprint density at radius 2 is 1.95 bits per heavy atom. The third-order valence-corrected chi connectivity index (χ3v) is 4.91. The Morgan fingerprint density at radius 1 is 1.20 bits per heavy atom. The molecule has 0 unspecified atom stereocenters. The van der Waals surface area contributed by atoms with Gasteiger partial charge in [-0.2, -0.15) is 0 Å². The molecule has 1 aromatic heterocycles. The molecule has 0 saturated carbocycles. The van der Waals surface area contributed by atoms with Crippen molar-refractivity contribution in [1.29, 1.82) is 0 Å². The lowest BCUT2D eigenvalue weighted by Crippen LogP contribution is -2.12. The van der Waals surface area contributed by atoms with Crippen molar-refractivity contribution < 1.29 is 17.2 Å². The van der Waals surface area contributed by atoms with E-state index in [-0.39, 0.29) is 10.6 Å². The van der Waals surface area contributed by atoms with Gasteiger partial charge in [-0.05, 0) is 25.2 Å². The second-order valence-corrected chi connectivity index (χ2v) is 6.69. The number of benzene rings is 1. The molecule has 0 atom stereocenters. The highest BCUT2D eigenvalue weighted by atomic mass is 32.2. The Balaban J connectivity index is 2.23. The van der Waals surface area contributed by atoms with E-state index in [4.69, 9.17) is 0 Å². The zero-order valence-corrected chi connectivity index (χ0v) is 12.1. The molecule has 0 aliphatic heterocycles. The molecular weight excluding hydrogens is 306 g/mol. The maximum atomic E-state index is 13.0. The summed E-state index contributed by atoms with van der Waals surface area (Å²) < 4.78 is 52.2. The molecule has 1 aromatic carbocycles. The van der Waals surface area contributed by atoms with Gasteiger partial charge < -0.3 is 5.32 Å². The quantitative estimate of drug-likeness (QED) is 0.891. The fraction of sp³-hybridized carbons (Fsp3) is 0.167. The summed E-state index contributed by atoms with van der Waals surface area (Å²) in [6.07, 6.45) is 0. The summed E-state index contributed by atoms with van der Waals surface area (Å²) in [7, 11) is -2.04. The van der Waals surface area contributed by atoms with Gasteiger partial charge in [-0.3, -0.25) is 4.72 Å². The van der Waals surface area contributed by atoms with Crippen LogP contribution in [0.1, 0.15) is 4.88 Å². The number of hydrogen-bond donors (Lipinski definition) is 2. The largest absolute Gasteiger partial charge is 0.315 e. The third-order valence-electron chi connectivity index (χ3n) is 2.46. The van der Waals surface area contributed by atoms with Gasteiger partial charge in [0, 0.05) is 22.9 Å². The molecule has 8 heteroatoms. The van der Waals surface area contributed by atoms with Crippen LogP contribution in [0, 0.1) is 11.6 Å². The summed E-state index contributed by atoms with van der Waals surface area (Å²) in [4.78, 5) is 0.954. The molecule has 0 amide bonds. The number of nitrogens with one attached hydrogen (secondary N) is 2. The van der Waals surface area contributed by atoms with Crippen molar-refractivity contribution in [3.8, 4) is 0 Å². The van der Waals surface area contributed by atoms with Gasteiger partial charge in [0.1, 0.15) is 0 Å². The molecule has 4 nitrogen and oxygen atoms in total. The van der Waals surface area contributed by atoms with Crippen LogP contribution < -0.4 is 10.0 Å². The highest BCUT2D eigenvalue weighted by Gasteiger charge is 2.17. The minimum atomic E-state index is -3.80. The van der Waals surface area contributed by atoms with Crippen LogP contribution in [0.2, 0.25) is 0 Å². The molecule has 0 bridgehead atoms. The zero-order chi connectivity index (χ0) is 14.8. The smallest absolute Gasteiger partial charge is 0.262 e. The van der Waals surface area contributed by atoms with Crippen LogP contribution in [0.15, 0.2) is 34.5 Å². The first-order valence-electron chi connectivity index (χ1n) is 5.62. The summed E-state index contributed by atoms with van der Waals surface area (Å²) >= 11 is 1.30. The van der Waals surface area contributed by atoms with Gasteiger partial charge in [-0.25, -0.2) is 17.2 Å². The summed E-state index contributed by atoms with van der Waals surface area (Å²) in [5, 5.41) is 4.41. The predicted octanol–water partition coefficient (Wildman–Crippen LogP) is 2.55. The first-order valence-corrected chi connectivity index (χ1v) is 7.98. The van der Waals surface area contributed by atoms with E-state index in [2.05, 4.69) is 10.0 Å². The van der Waals surface area contributed by atoms with Crippen molar-refractivity contribution in [2.75, 3.05) is 11.8 Å². The van der Waals surface area contributed by atoms with Gasteiger partial charge in [0.15, 0.2) is 11.6 Å². The zero-order valence-electron chi connectivity index (χ0n) is 10.5. The van der Waals surface area contributed by atoms with Crippen LogP contribution in [0.25, 0.3) is 0 Å². The van der Waals surface area contributed by atoms with Gasteiger partial charge in [0.05, 0.1) is 10.6 Å². The van der Waals surface area contributed by atoms with Gasteiger partial charge in [0.2, 0.25) is 0 Å². The van der Waals surface area contributed by atoms with E-state index in [1.165, 1.54) is 22.8 Å². The average Bonchev–Trinajstić information content (AvgIpc) is 2.83. The molecule has 0 aliphatic carbocycles. The number of sulfonamides is 1. The number of hydrogen-bond acceptors (Lipinski definition) is 4. The Morgan fingerprint density at radius 3 is 2.60 bits per heavy atom. The fourth-order valence-electron chi connectivity index (χ4n) is 1.54. The lowest BCUT2D eigenvalue weighted by atomic mass is 10.3. The van der Waals surface area contributed by atoms with Gasteiger partial charge in [-0.15, -0.1) is 11.3 Å². The first kappa shape index (κ1) is 14.9. The predicted molar refractivity (Wildman–Crippen MR) is 74.2 cm³/mol. The first-order chi connectivity index (χ1) is 9.42. The minimum absolute atomic E-state index is 0.0229. The Labute approximate surface area is 119 Å². The van der Waals surface area contributed by atoms with E-state index >= 15 is 0 Å². The number of halogens is 2. The Hall–Kier alpha value is -1.51. The second kappa shape index (κ2) is 5.86. The maximum Gasteiger partial charge on any atom is 0.262 e. The third kappa shape index (κ3) is 3.33. The summed E-state index contributed by atoms with van der Waals surface area (Å²) in [6, 6.07) is 4.36. The summed E-state index contributed by atoms with van der Waals surface area (Å²) in [5.74, 6) is -2.13. The normalized spacial score (nSPS) is 11.6. The van der Waals surface area contributed by atoms with Crippen LogP contribution in [0.3, 0.4) is 0 Å². The van der Waals surface area contributed by atoms with Crippen LogP contribution in [-0.2, 0) is 16.6 Å². The van der Waals surface area contributed by atoms with E-state index < -0.39 is 21.7 Å². The number of anilines is 1. The van der Waals surface area contributed by atoms with E-state index in [1.54, 1.807) is 7.05 Å². The van der Waals surface area contributed by atoms with Crippen molar-refractivity contribution >= 4 is 27.0 Å². The molecule has 0 saturated heterocycles. The Kier molecular flexibility index (Phi) is 4.36. The minimum Gasteiger partial charge on any atom is -0.315 e. The van der Waals surface area contributed by atoms with Crippen molar-refractivity contribution in [3.63, 3.8) is 0 Å². The Bertz CT molecular complexity index is 714.